The van der Waals surface area contributed by atoms with E-state index >= 15 is 0 Å². The molecule has 0 N–H and O–H groups in total. The monoisotopic (exact) mass is 395 g/mol. The largest absolute Gasteiger partial charge is 0.410 e. The van der Waals surface area contributed by atoms with Gasteiger partial charge in [-0.25, -0.2) is 0 Å². The number of nitrogens with zero attached hydrogens (tertiary/aromatic N) is 1. The van der Waals surface area contributed by atoms with Crippen molar-refractivity contribution in [3.63, 3.8) is 0 Å². The first-order valence-electron chi connectivity index (χ1n) is 8.46. The Morgan fingerprint density at radius 2 is 1.36 bits per heavy atom. The average molecular weight is 396 g/mol. The van der Waals surface area contributed by atoms with Crippen LogP contribution in [0, 0.1) is 0 Å². The van der Waals surface area contributed by atoms with Crippen molar-refractivity contribution >= 4 is 22.8 Å². The SMILES string of the molecule is COCC(O[Si](C)(C)C)C(O[Si](C)(C)C)C(OC)C(C=NOC)OC. The van der Waals surface area contributed by atoms with E-state index in [-0.39, 0.29) is 12.2 Å². The molecule has 0 amide bonds. The summed E-state index contributed by atoms with van der Waals surface area (Å²) in [6.07, 6.45) is 0.120. The highest BCUT2D eigenvalue weighted by Gasteiger charge is 2.40. The van der Waals surface area contributed by atoms with Gasteiger partial charge in [0.25, 0.3) is 0 Å². The van der Waals surface area contributed by atoms with Crippen molar-refractivity contribution in [2.75, 3.05) is 35.0 Å². The predicted octanol–water partition coefficient (Wildman–Crippen LogP) is 2.74. The van der Waals surface area contributed by atoms with Gasteiger partial charge in [0.1, 0.15) is 25.4 Å². The molecular weight excluding hydrogens is 358 g/mol. The molecular formula is C16H37NO6Si2. The van der Waals surface area contributed by atoms with Gasteiger partial charge in [0.05, 0.1) is 18.9 Å². The highest BCUT2D eigenvalue weighted by atomic mass is 28.4. The Hall–Kier alpha value is -0.296. The van der Waals surface area contributed by atoms with E-state index in [4.69, 9.17) is 27.9 Å². The number of methoxy groups -OCH3 is 3. The lowest BCUT2D eigenvalue weighted by Gasteiger charge is -2.40. The van der Waals surface area contributed by atoms with E-state index in [9.17, 15) is 0 Å². The Bertz CT molecular complexity index is 384. The summed E-state index contributed by atoms with van der Waals surface area (Å²) in [5.41, 5.74) is 0. The highest BCUT2D eigenvalue weighted by Crippen LogP contribution is 2.23. The Kier molecular flexibility index (Phi) is 11.3. The van der Waals surface area contributed by atoms with Gasteiger partial charge in [0.2, 0.25) is 0 Å². The number of hydrogen-bond donors (Lipinski definition) is 0. The van der Waals surface area contributed by atoms with Crippen LogP contribution < -0.4 is 0 Å². The summed E-state index contributed by atoms with van der Waals surface area (Å²) in [5, 5.41) is 3.83. The Balaban J connectivity index is 5.75. The second-order valence-corrected chi connectivity index (χ2v) is 16.7. The number of oxime groups is 1. The van der Waals surface area contributed by atoms with E-state index in [1.54, 1.807) is 27.5 Å². The second kappa shape index (κ2) is 11.4. The zero-order valence-electron chi connectivity index (χ0n) is 17.5. The minimum Gasteiger partial charge on any atom is -0.410 e. The van der Waals surface area contributed by atoms with Crippen LogP contribution in [-0.4, -0.2) is 82.3 Å². The molecule has 0 radical (unpaired) electrons. The zero-order chi connectivity index (χ0) is 19.7. The molecule has 9 heteroatoms. The van der Waals surface area contributed by atoms with Crippen molar-refractivity contribution in [1.82, 2.24) is 0 Å². The van der Waals surface area contributed by atoms with Crippen LogP contribution in [0.25, 0.3) is 0 Å². The van der Waals surface area contributed by atoms with Gasteiger partial charge < -0.3 is 27.9 Å². The van der Waals surface area contributed by atoms with Crippen LogP contribution >= 0.6 is 0 Å². The summed E-state index contributed by atoms with van der Waals surface area (Å²) < 4.78 is 29.6. The molecule has 4 unspecified atom stereocenters. The van der Waals surface area contributed by atoms with Crippen LogP contribution in [0.4, 0.5) is 0 Å². The van der Waals surface area contributed by atoms with Crippen molar-refractivity contribution in [3.8, 4) is 0 Å². The van der Waals surface area contributed by atoms with Crippen LogP contribution in [0.3, 0.4) is 0 Å². The number of rotatable bonds is 13. The Labute approximate surface area is 155 Å². The molecule has 0 rings (SSSR count). The molecule has 0 aromatic rings. The summed E-state index contributed by atoms with van der Waals surface area (Å²) in [4.78, 5) is 4.79. The zero-order valence-corrected chi connectivity index (χ0v) is 19.5. The van der Waals surface area contributed by atoms with Crippen molar-refractivity contribution < 1.29 is 27.9 Å². The molecule has 150 valence electrons. The quantitative estimate of drug-likeness (QED) is 0.271. The van der Waals surface area contributed by atoms with Crippen molar-refractivity contribution in [2.24, 2.45) is 5.16 Å². The first-order valence-corrected chi connectivity index (χ1v) is 15.3. The lowest BCUT2D eigenvalue weighted by molar-refractivity contribution is -0.111. The molecule has 0 aliphatic heterocycles. The first kappa shape index (κ1) is 24.7. The fraction of sp³-hybridized carbons (Fsp3) is 0.938. The molecule has 0 aliphatic rings. The lowest BCUT2D eigenvalue weighted by atomic mass is 10.0. The molecule has 0 heterocycles. The maximum atomic E-state index is 6.46. The minimum absolute atomic E-state index is 0.262. The molecule has 0 saturated heterocycles. The summed E-state index contributed by atoms with van der Waals surface area (Å²) >= 11 is 0. The summed E-state index contributed by atoms with van der Waals surface area (Å²) in [7, 11) is 2.68. The van der Waals surface area contributed by atoms with Gasteiger partial charge in [0, 0.05) is 21.3 Å². The van der Waals surface area contributed by atoms with E-state index in [0.717, 1.165) is 0 Å². The Morgan fingerprint density at radius 3 is 1.72 bits per heavy atom. The molecule has 4 atom stereocenters. The van der Waals surface area contributed by atoms with E-state index < -0.39 is 28.8 Å². The van der Waals surface area contributed by atoms with Crippen LogP contribution in [-0.2, 0) is 27.9 Å². The van der Waals surface area contributed by atoms with Gasteiger partial charge in [0.15, 0.2) is 16.6 Å². The number of hydrogen-bond acceptors (Lipinski definition) is 7. The molecule has 0 aliphatic carbocycles. The third kappa shape index (κ3) is 10.4. The van der Waals surface area contributed by atoms with Crippen LogP contribution in [0.15, 0.2) is 5.16 Å². The molecule has 7 nitrogen and oxygen atoms in total. The minimum atomic E-state index is -1.89. The molecule has 0 fully saturated rings. The van der Waals surface area contributed by atoms with Crippen molar-refractivity contribution in [1.29, 1.82) is 0 Å². The normalized spacial score (nSPS) is 18.2. The molecule has 25 heavy (non-hydrogen) atoms. The van der Waals surface area contributed by atoms with Gasteiger partial charge >= 0.3 is 0 Å². The molecule has 0 saturated carbocycles. The smallest absolute Gasteiger partial charge is 0.184 e. The molecule has 0 spiro atoms. The van der Waals surface area contributed by atoms with Crippen molar-refractivity contribution in [3.05, 3.63) is 0 Å². The second-order valence-electron chi connectivity index (χ2n) is 7.76. The average Bonchev–Trinajstić information content (AvgIpc) is 2.47. The van der Waals surface area contributed by atoms with Gasteiger partial charge in [-0.1, -0.05) is 5.16 Å². The maximum absolute atomic E-state index is 6.46. The lowest BCUT2D eigenvalue weighted by Crippen LogP contribution is -2.56. The molecule has 0 aromatic carbocycles. The molecule has 0 bridgehead atoms. The van der Waals surface area contributed by atoms with Crippen LogP contribution in [0.2, 0.25) is 39.3 Å². The summed E-state index contributed by atoms with van der Waals surface area (Å²) in [6.45, 7) is 13.2. The molecule has 0 aromatic heterocycles. The van der Waals surface area contributed by atoms with E-state index in [0.29, 0.717) is 6.61 Å². The predicted molar refractivity (Wildman–Crippen MR) is 105 cm³/mol. The van der Waals surface area contributed by atoms with Gasteiger partial charge in [-0.15, -0.1) is 0 Å². The maximum Gasteiger partial charge on any atom is 0.184 e. The fourth-order valence-corrected chi connectivity index (χ4v) is 4.65. The fourth-order valence-electron chi connectivity index (χ4n) is 2.43. The van der Waals surface area contributed by atoms with Gasteiger partial charge in [-0.2, -0.15) is 0 Å². The van der Waals surface area contributed by atoms with Crippen molar-refractivity contribution in [2.45, 2.75) is 63.7 Å². The Morgan fingerprint density at radius 1 is 0.800 bits per heavy atom. The van der Waals surface area contributed by atoms with E-state index in [1.807, 2.05) is 0 Å². The first-order chi connectivity index (χ1) is 11.5. The topological polar surface area (TPSA) is 67.7 Å². The number of ether oxygens (including phenoxy) is 3. The van der Waals surface area contributed by atoms with Crippen LogP contribution in [0.1, 0.15) is 0 Å². The van der Waals surface area contributed by atoms with Gasteiger partial charge in [-0.05, 0) is 39.3 Å². The van der Waals surface area contributed by atoms with E-state index in [2.05, 4.69) is 44.4 Å². The van der Waals surface area contributed by atoms with Gasteiger partial charge in [-0.3, -0.25) is 0 Å². The summed E-state index contributed by atoms with van der Waals surface area (Å²) in [5.74, 6) is 0. The van der Waals surface area contributed by atoms with Crippen LogP contribution in [0.5, 0.6) is 0 Å². The third-order valence-corrected chi connectivity index (χ3v) is 5.19. The highest BCUT2D eigenvalue weighted by molar-refractivity contribution is 6.70. The van der Waals surface area contributed by atoms with E-state index in [1.165, 1.54) is 7.11 Å². The summed E-state index contributed by atoms with van der Waals surface area (Å²) in [6, 6.07) is 0. The standard InChI is InChI=1S/C16H37NO6Si2/c1-18-12-14(22-24(5,6)7)16(23-25(8,9)10)15(20-3)13(19-2)11-17-21-4/h11,13-16H,12H2,1-10H3. The third-order valence-electron chi connectivity index (χ3n) is 3.20.